The highest BCUT2D eigenvalue weighted by molar-refractivity contribution is 7.80. The minimum absolute atomic E-state index is 0.0428. The van der Waals surface area contributed by atoms with Gasteiger partial charge in [-0.1, -0.05) is 17.7 Å². The number of nitrogens with zero attached hydrogens (tertiary/aromatic N) is 3. The van der Waals surface area contributed by atoms with E-state index in [-0.39, 0.29) is 24.6 Å². The normalized spacial score (nSPS) is 18.0. The summed E-state index contributed by atoms with van der Waals surface area (Å²) in [5.74, 6) is -0.270. The number of nitrogens with one attached hydrogen (secondary N) is 2. The molecule has 2 atom stereocenters. The maximum absolute atomic E-state index is 11.9. The molecule has 0 unspecified atom stereocenters. The molecule has 0 spiro atoms. The number of halogens is 1. The van der Waals surface area contributed by atoms with Crippen LogP contribution in [0.15, 0.2) is 54.7 Å². The van der Waals surface area contributed by atoms with Crippen LogP contribution in [-0.2, 0) is 16.6 Å². The summed E-state index contributed by atoms with van der Waals surface area (Å²) in [6.07, 6.45) is 1.78. The van der Waals surface area contributed by atoms with Gasteiger partial charge in [0.15, 0.2) is 5.11 Å². The molecule has 9 heteroatoms. The molecule has 1 aliphatic heterocycles. The molecule has 1 aromatic carbocycles. The van der Waals surface area contributed by atoms with E-state index < -0.39 is 0 Å². The van der Waals surface area contributed by atoms with Gasteiger partial charge in [0.25, 0.3) is 0 Å². The average molecular weight is 470 g/mol. The van der Waals surface area contributed by atoms with Crippen molar-refractivity contribution >= 4 is 46.2 Å². The lowest BCUT2D eigenvalue weighted by Gasteiger charge is -2.29. The molecule has 1 saturated heterocycles. The highest BCUT2D eigenvalue weighted by Crippen LogP contribution is 2.43. The van der Waals surface area contributed by atoms with E-state index in [1.165, 1.54) is 7.11 Å². The van der Waals surface area contributed by atoms with E-state index in [4.69, 9.17) is 28.6 Å². The molecule has 0 aliphatic carbocycles. The first kappa shape index (κ1) is 22.3. The SMILES string of the molecule is COCC(=O)Nc1ccc(N2C(=S)N[C@H](c3ccccn3)[C@H]2c2ccc(C)n2C)cc1Cl. The van der Waals surface area contributed by atoms with Crippen LogP contribution in [0.3, 0.4) is 0 Å². The summed E-state index contributed by atoms with van der Waals surface area (Å²) in [5, 5.41) is 7.19. The van der Waals surface area contributed by atoms with Gasteiger partial charge >= 0.3 is 0 Å². The Morgan fingerprint density at radius 3 is 2.72 bits per heavy atom. The number of aryl methyl sites for hydroxylation is 1. The molecule has 1 fully saturated rings. The van der Waals surface area contributed by atoms with E-state index in [0.717, 1.165) is 22.8 Å². The van der Waals surface area contributed by atoms with Gasteiger partial charge < -0.3 is 24.8 Å². The Kier molecular flexibility index (Phi) is 6.45. The standard InChI is InChI=1S/C23H24ClN5O2S/c1-14-7-10-19(28(14)2)22-21(18-6-4-5-11-25-18)27-23(32)29(22)15-8-9-17(16(24)12-15)26-20(30)13-31-3/h4-12,21-22H,13H2,1-3H3,(H,26,30)(H,27,32)/t21-,22-/m1/s1. The Balaban J connectivity index is 1.74. The van der Waals surface area contributed by atoms with Crippen molar-refractivity contribution in [1.29, 1.82) is 0 Å². The van der Waals surface area contributed by atoms with Crippen LogP contribution < -0.4 is 15.5 Å². The molecular weight excluding hydrogens is 446 g/mol. The van der Waals surface area contributed by atoms with Crippen molar-refractivity contribution in [3.8, 4) is 0 Å². The summed E-state index contributed by atoms with van der Waals surface area (Å²) in [6, 6.07) is 15.3. The number of benzene rings is 1. The monoisotopic (exact) mass is 469 g/mol. The molecule has 3 heterocycles. The summed E-state index contributed by atoms with van der Waals surface area (Å²) >= 11 is 12.3. The molecule has 1 aliphatic rings. The number of hydrogen-bond donors (Lipinski definition) is 2. The van der Waals surface area contributed by atoms with E-state index in [2.05, 4.69) is 44.1 Å². The molecule has 0 bridgehead atoms. The molecule has 2 N–H and O–H groups in total. The zero-order chi connectivity index (χ0) is 22.8. The van der Waals surface area contributed by atoms with Crippen molar-refractivity contribution in [3.05, 3.63) is 76.8 Å². The van der Waals surface area contributed by atoms with Crippen molar-refractivity contribution in [2.75, 3.05) is 23.9 Å². The largest absolute Gasteiger partial charge is 0.375 e. The minimum Gasteiger partial charge on any atom is -0.375 e. The number of amides is 1. The van der Waals surface area contributed by atoms with Gasteiger partial charge in [0, 0.05) is 37.4 Å². The van der Waals surface area contributed by atoms with E-state index in [9.17, 15) is 4.79 Å². The molecule has 2 aromatic heterocycles. The van der Waals surface area contributed by atoms with Crippen molar-refractivity contribution in [3.63, 3.8) is 0 Å². The molecule has 1 amide bonds. The van der Waals surface area contributed by atoms with E-state index in [1.807, 2.05) is 37.4 Å². The zero-order valence-corrected chi connectivity index (χ0v) is 19.6. The van der Waals surface area contributed by atoms with Crippen LogP contribution in [0.2, 0.25) is 5.02 Å². The molecule has 0 radical (unpaired) electrons. The first-order valence-corrected chi connectivity index (χ1v) is 10.9. The maximum atomic E-state index is 11.9. The Bertz CT molecular complexity index is 1150. The van der Waals surface area contributed by atoms with Crippen molar-refractivity contribution in [2.24, 2.45) is 7.05 Å². The summed E-state index contributed by atoms with van der Waals surface area (Å²) in [6.45, 7) is 2.03. The number of carbonyl (C=O) groups excluding carboxylic acids is 1. The van der Waals surface area contributed by atoms with Crippen LogP contribution in [0.5, 0.6) is 0 Å². The predicted octanol–water partition coefficient (Wildman–Crippen LogP) is 4.14. The number of pyridine rings is 1. The van der Waals surface area contributed by atoms with Crippen molar-refractivity contribution in [1.82, 2.24) is 14.9 Å². The topological polar surface area (TPSA) is 71.4 Å². The number of hydrogen-bond acceptors (Lipinski definition) is 4. The van der Waals surface area contributed by atoms with Gasteiger partial charge in [-0.15, -0.1) is 0 Å². The third-order valence-corrected chi connectivity index (χ3v) is 6.22. The fraction of sp³-hybridized carbons (Fsp3) is 0.261. The highest BCUT2D eigenvalue weighted by Gasteiger charge is 2.42. The van der Waals surface area contributed by atoms with Gasteiger partial charge in [-0.25, -0.2) is 0 Å². The van der Waals surface area contributed by atoms with Crippen LogP contribution >= 0.6 is 23.8 Å². The smallest absolute Gasteiger partial charge is 0.250 e. The van der Waals surface area contributed by atoms with Crippen LogP contribution in [0.4, 0.5) is 11.4 Å². The quantitative estimate of drug-likeness (QED) is 0.528. The van der Waals surface area contributed by atoms with Gasteiger partial charge in [0.2, 0.25) is 5.91 Å². The summed E-state index contributed by atoms with van der Waals surface area (Å²) in [5.41, 5.74) is 4.48. The zero-order valence-electron chi connectivity index (χ0n) is 18.0. The van der Waals surface area contributed by atoms with Gasteiger partial charge in [0.1, 0.15) is 12.6 Å². The molecule has 7 nitrogen and oxygen atoms in total. The van der Waals surface area contributed by atoms with Gasteiger partial charge in [0.05, 0.1) is 22.4 Å². The van der Waals surface area contributed by atoms with Crippen LogP contribution in [0.25, 0.3) is 0 Å². The van der Waals surface area contributed by atoms with Gasteiger partial charge in [-0.2, -0.15) is 0 Å². The Morgan fingerprint density at radius 2 is 2.09 bits per heavy atom. The van der Waals surface area contributed by atoms with E-state index in [0.29, 0.717) is 15.8 Å². The van der Waals surface area contributed by atoms with Crippen molar-refractivity contribution < 1.29 is 9.53 Å². The number of carbonyl (C=O) groups is 1. The van der Waals surface area contributed by atoms with Gasteiger partial charge in [-0.3, -0.25) is 9.78 Å². The molecule has 4 rings (SSSR count). The number of anilines is 2. The Hall–Kier alpha value is -2.94. The molecule has 3 aromatic rings. The fourth-order valence-corrected chi connectivity index (χ4v) is 4.50. The summed E-state index contributed by atoms with van der Waals surface area (Å²) in [4.78, 5) is 18.5. The number of thiocarbonyl (C=S) groups is 1. The van der Waals surface area contributed by atoms with E-state index in [1.54, 1.807) is 12.3 Å². The molecular formula is C23H24ClN5O2S. The number of ether oxygens (including phenoxy) is 1. The summed E-state index contributed by atoms with van der Waals surface area (Å²) < 4.78 is 7.02. The van der Waals surface area contributed by atoms with Crippen LogP contribution in [-0.4, -0.2) is 34.3 Å². The second kappa shape index (κ2) is 9.28. The minimum atomic E-state index is -0.270. The number of aromatic nitrogens is 2. The Morgan fingerprint density at radius 1 is 1.28 bits per heavy atom. The first-order chi connectivity index (χ1) is 15.4. The second-order valence-electron chi connectivity index (χ2n) is 7.60. The Labute approximate surface area is 197 Å². The van der Waals surface area contributed by atoms with Gasteiger partial charge in [-0.05, 0) is 61.6 Å². The number of rotatable bonds is 6. The van der Waals surface area contributed by atoms with Crippen LogP contribution in [0.1, 0.15) is 29.2 Å². The maximum Gasteiger partial charge on any atom is 0.250 e. The molecule has 0 saturated carbocycles. The van der Waals surface area contributed by atoms with Crippen molar-refractivity contribution in [2.45, 2.75) is 19.0 Å². The lowest BCUT2D eigenvalue weighted by Crippen LogP contribution is -2.30. The lowest BCUT2D eigenvalue weighted by atomic mass is 10.0. The third-order valence-electron chi connectivity index (χ3n) is 5.59. The number of methoxy groups -OCH3 is 1. The highest BCUT2D eigenvalue weighted by atomic mass is 35.5. The molecule has 166 valence electrons. The van der Waals surface area contributed by atoms with E-state index >= 15 is 0 Å². The second-order valence-corrected chi connectivity index (χ2v) is 8.39. The predicted molar refractivity (Wildman–Crippen MR) is 130 cm³/mol. The third kappa shape index (κ3) is 4.21. The van der Waals surface area contributed by atoms with Crippen LogP contribution in [0, 0.1) is 6.92 Å². The average Bonchev–Trinajstić information content (AvgIpc) is 3.29. The summed E-state index contributed by atoms with van der Waals surface area (Å²) in [7, 11) is 3.51. The lowest BCUT2D eigenvalue weighted by molar-refractivity contribution is -0.119. The first-order valence-electron chi connectivity index (χ1n) is 10.1. The fourth-order valence-electron chi connectivity index (χ4n) is 3.94. The molecule has 32 heavy (non-hydrogen) atoms.